The largest absolute Gasteiger partial charge is 0.454 e. The second-order valence-electron chi connectivity index (χ2n) is 10.4. The van der Waals surface area contributed by atoms with Crippen LogP contribution in [0.25, 0.3) is 0 Å². The smallest absolute Gasteiger partial charge is 0.225 e. The normalized spacial score (nSPS) is 25.6. The Labute approximate surface area is 218 Å². The van der Waals surface area contributed by atoms with Gasteiger partial charge in [0.1, 0.15) is 5.75 Å². The summed E-state index contributed by atoms with van der Waals surface area (Å²) in [5, 5.41) is 22.4. The third-order valence-electron chi connectivity index (χ3n) is 7.90. The van der Waals surface area contributed by atoms with Crippen LogP contribution in [0.1, 0.15) is 50.5 Å². The van der Waals surface area contributed by atoms with Crippen LogP contribution in [0.5, 0.6) is 11.5 Å². The van der Waals surface area contributed by atoms with E-state index in [1.165, 1.54) is 6.07 Å². The summed E-state index contributed by atoms with van der Waals surface area (Å²) in [6.45, 7) is 1.60. The van der Waals surface area contributed by atoms with Crippen molar-refractivity contribution >= 4 is 5.91 Å². The van der Waals surface area contributed by atoms with Crippen molar-refractivity contribution in [3.8, 4) is 11.5 Å². The number of carbonyl (C=O) groups excluding carboxylic acids is 1. The summed E-state index contributed by atoms with van der Waals surface area (Å²) in [6, 6.07) is 13.0. The lowest BCUT2D eigenvalue weighted by molar-refractivity contribution is -0.141. The highest BCUT2D eigenvalue weighted by Gasteiger charge is 2.44. The first kappa shape index (κ1) is 27.5. The predicted octanol–water partition coefficient (Wildman–Crippen LogP) is 3.96. The van der Waals surface area contributed by atoms with E-state index < -0.39 is 17.5 Å². The molecule has 1 unspecified atom stereocenters. The maximum atomic E-state index is 14.4. The molecule has 1 heterocycles. The fourth-order valence-corrected chi connectivity index (χ4v) is 5.83. The number of hydrogen-bond donors (Lipinski definition) is 3. The summed E-state index contributed by atoms with van der Waals surface area (Å²) in [4.78, 5) is 15.2. The fourth-order valence-electron chi connectivity index (χ4n) is 5.83. The number of aliphatic hydroxyl groups is 2. The zero-order chi connectivity index (χ0) is 26.4. The molecule has 1 saturated heterocycles. The monoisotopic (exact) mass is 514 g/mol. The van der Waals surface area contributed by atoms with Crippen molar-refractivity contribution in [2.75, 3.05) is 26.8 Å². The molecule has 4 N–H and O–H groups in total. The minimum Gasteiger partial charge on any atom is -0.454 e. The number of ether oxygens (including phenoxy) is 2. The average molecular weight is 515 g/mol. The fraction of sp³-hybridized carbons (Fsp3) is 0.552. The molecule has 4 rings (SSSR count). The average Bonchev–Trinajstić information content (AvgIpc) is 3.25. The Hall–Kier alpha value is -2.52. The summed E-state index contributed by atoms with van der Waals surface area (Å²) >= 11 is 0. The first-order valence-electron chi connectivity index (χ1n) is 13.3. The molecular formula is C29H39FN2O5. The number of para-hydroxylation sites is 2. The Morgan fingerprint density at radius 3 is 2.57 bits per heavy atom. The van der Waals surface area contributed by atoms with E-state index in [0.29, 0.717) is 56.7 Å². The van der Waals surface area contributed by atoms with Gasteiger partial charge in [0.25, 0.3) is 0 Å². The molecule has 2 aromatic carbocycles. The van der Waals surface area contributed by atoms with Gasteiger partial charge in [-0.3, -0.25) is 4.79 Å². The lowest BCUT2D eigenvalue weighted by atomic mass is 9.73. The van der Waals surface area contributed by atoms with Gasteiger partial charge < -0.3 is 30.3 Å². The standard InChI is InChI=1S/C29H39FN2O5/c1-36-16-7-6-14-29(35,22-10-2-4-12-26(22)37-27-13-5-3-11-23(27)30)21-9-8-15-32(19-21)28(34)20-17-24(31)25(33)18-20/h2-5,10-13,20-21,24-25,33,35H,6-9,14-19,31H2,1H3/t20-,21?,24+,25-,29-/m0/s1. The third-order valence-corrected chi connectivity index (χ3v) is 7.90. The van der Waals surface area contributed by atoms with Gasteiger partial charge in [0.2, 0.25) is 5.91 Å². The van der Waals surface area contributed by atoms with E-state index in [4.69, 9.17) is 15.2 Å². The van der Waals surface area contributed by atoms with Crippen LogP contribution in [0.15, 0.2) is 48.5 Å². The van der Waals surface area contributed by atoms with Gasteiger partial charge in [-0.1, -0.05) is 30.3 Å². The van der Waals surface area contributed by atoms with E-state index in [1.54, 1.807) is 37.4 Å². The lowest BCUT2D eigenvalue weighted by Crippen LogP contribution is -2.49. The summed E-state index contributed by atoms with van der Waals surface area (Å²) in [6.07, 6.45) is 3.64. The molecule has 0 bridgehead atoms. The molecule has 2 fully saturated rings. The third kappa shape index (κ3) is 6.32. The van der Waals surface area contributed by atoms with E-state index in [9.17, 15) is 19.4 Å². The molecule has 5 atom stereocenters. The number of nitrogens with two attached hydrogens (primary N) is 1. The number of hydrogen-bond acceptors (Lipinski definition) is 6. The van der Waals surface area contributed by atoms with Crippen molar-refractivity contribution in [1.82, 2.24) is 4.90 Å². The maximum Gasteiger partial charge on any atom is 0.225 e. The summed E-state index contributed by atoms with van der Waals surface area (Å²) in [5.41, 5.74) is 5.27. The van der Waals surface area contributed by atoms with Crippen molar-refractivity contribution in [3.05, 3.63) is 59.9 Å². The van der Waals surface area contributed by atoms with Gasteiger partial charge in [-0.15, -0.1) is 0 Å². The van der Waals surface area contributed by atoms with Crippen LogP contribution in [-0.2, 0) is 15.1 Å². The number of aliphatic hydroxyl groups excluding tert-OH is 1. The molecule has 37 heavy (non-hydrogen) atoms. The van der Waals surface area contributed by atoms with Crippen molar-refractivity contribution < 1.29 is 28.9 Å². The van der Waals surface area contributed by atoms with E-state index in [0.717, 1.165) is 19.3 Å². The minimum atomic E-state index is -1.29. The molecular weight excluding hydrogens is 475 g/mol. The van der Waals surface area contributed by atoms with E-state index in [2.05, 4.69) is 0 Å². The van der Waals surface area contributed by atoms with Gasteiger partial charge in [-0.25, -0.2) is 4.39 Å². The quantitative estimate of drug-likeness (QED) is 0.415. The number of piperidine rings is 1. The predicted molar refractivity (Wildman–Crippen MR) is 139 cm³/mol. The van der Waals surface area contributed by atoms with E-state index in [-0.39, 0.29) is 29.5 Å². The summed E-state index contributed by atoms with van der Waals surface area (Å²) < 4.78 is 25.6. The second kappa shape index (κ2) is 12.3. The first-order chi connectivity index (χ1) is 17.8. The number of benzene rings is 2. The van der Waals surface area contributed by atoms with Crippen LogP contribution >= 0.6 is 0 Å². The van der Waals surface area contributed by atoms with Crippen LogP contribution in [0.4, 0.5) is 4.39 Å². The van der Waals surface area contributed by atoms with Crippen LogP contribution in [0.3, 0.4) is 0 Å². The topological polar surface area (TPSA) is 105 Å². The van der Waals surface area contributed by atoms with Crippen molar-refractivity contribution in [2.45, 2.75) is 62.7 Å². The Balaban J connectivity index is 1.61. The molecule has 8 heteroatoms. The maximum absolute atomic E-state index is 14.4. The zero-order valence-corrected chi connectivity index (χ0v) is 21.5. The lowest BCUT2D eigenvalue weighted by Gasteiger charge is -2.44. The Bertz CT molecular complexity index is 1040. The zero-order valence-electron chi connectivity index (χ0n) is 21.5. The molecule has 2 aromatic rings. The van der Waals surface area contributed by atoms with Crippen LogP contribution in [-0.4, -0.2) is 60.0 Å². The summed E-state index contributed by atoms with van der Waals surface area (Å²) in [7, 11) is 1.65. The van der Waals surface area contributed by atoms with E-state index in [1.807, 2.05) is 17.0 Å². The molecule has 1 aliphatic carbocycles. The molecule has 0 aromatic heterocycles. The molecule has 0 spiro atoms. The van der Waals surface area contributed by atoms with Crippen molar-refractivity contribution in [3.63, 3.8) is 0 Å². The Morgan fingerprint density at radius 2 is 1.86 bits per heavy atom. The number of unbranched alkanes of at least 4 members (excludes halogenated alkanes) is 1. The number of amides is 1. The highest BCUT2D eigenvalue weighted by molar-refractivity contribution is 5.79. The second-order valence-corrected chi connectivity index (χ2v) is 10.4. The molecule has 1 amide bonds. The van der Waals surface area contributed by atoms with Gasteiger partial charge in [0.05, 0.1) is 11.7 Å². The van der Waals surface area contributed by atoms with Crippen molar-refractivity contribution in [2.24, 2.45) is 17.6 Å². The molecule has 202 valence electrons. The number of carbonyl (C=O) groups is 1. The van der Waals surface area contributed by atoms with Gasteiger partial charge in [0.15, 0.2) is 11.6 Å². The van der Waals surface area contributed by atoms with Crippen LogP contribution in [0.2, 0.25) is 0 Å². The number of nitrogens with zero attached hydrogens (tertiary/aromatic N) is 1. The number of likely N-dealkylation sites (tertiary alicyclic amines) is 1. The molecule has 2 aliphatic rings. The van der Waals surface area contributed by atoms with E-state index >= 15 is 0 Å². The van der Waals surface area contributed by atoms with Gasteiger partial charge >= 0.3 is 0 Å². The Morgan fingerprint density at radius 1 is 1.14 bits per heavy atom. The van der Waals surface area contributed by atoms with Crippen molar-refractivity contribution in [1.29, 1.82) is 0 Å². The minimum absolute atomic E-state index is 0.00525. The van der Waals surface area contributed by atoms with Gasteiger partial charge in [-0.2, -0.15) is 0 Å². The number of rotatable bonds is 10. The SMILES string of the molecule is COCCCC[C@@](O)(c1ccccc1Oc1ccccc1F)C1CCCN(C(=O)[C@H]2C[C@@H](N)[C@@H](O)C2)C1. The number of methoxy groups -OCH3 is 1. The summed E-state index contributed by atoms with van der Waals surface area (Å²) in [5.74, 6) is -0.529. The highest BCUT2D eigenvalue weighted by Crippen LogP contribution is 2.45. The Kier molecular flexibility index (Phi) is 9.18. The van der Waals surface area contributed by atoms with Gasteiger partial charge in [0, 0.05) is 50.2 Å². The highest BCUT2D eigenvalue weighted by atomic mass is 19.1. The molecule has 0 radical (unpaired) electrons. The van der Waals surface area contributed by atoms with Crippen LogP contribution < -0.4 is 10.5 Å². The van der Waals surface area contributed by atoms with Gasteiger partial charge in [-0.05, 0) is 63.1 Å². The molecule has 1 saturated carbocycles. The number of halogens is 1. The molecule has 1 aliphatic heterocycles. The molecule has 7 nitrogen and oxygen atoms in total. The van der Waals surface area contributed by atoms with Crippen LogP contribution in [0, 0.1) is 17.7 Å². The first-order valence-corrected chi connectivity index (χ1v) is 13.3.